The van der Waals surface area contributed by atoms with E-state index in [-0.39, 0.29) is 10.3 Å². The Bertz CT molecular complexity index is 636. The number of benzene rings is 1. The molecule has 1 aliphatic carbocycles. The Hall–Kier alpha value is -0.870. The zero-order valence-corrected chi connectivity index (χ0v) is 16.6. The van der Waals surface area contributed by atoms with Crippen molar-refractivity contribution in [2.24, 2.45) is 10.9 Å². The highest BCUT2D eigenvalue weighted by Crippen LogP contribution is 2.52. The molecule has 3 nitrogen and oxygen atoms in total. The summed E-state index contributed by atoms with van der Waals surface area (Å²) in [4.78, 5) is 4.82. The van der Waals surface area contributed by atoms with Gasteiger partial charge in [0.25, 0.3) is 0 Å². The fourth-order valence-electron chi connectivity index (χ4n) is 3.72. The fourth-order valence-corrected chi connectivity index (χ4v) is 5.55. The van der Waals surface area contributed by atoms with Gasteiger partial charge in [-0.05, 0) is 63.1 Å². The number of thioether (sulfide) groups is 1. The fraction of sp³-hybridized carbons (Fsp3) is 0.632. The van der Waals surface area contributed by atoms with E-state index < -0.39 is 0 Å². The molecule has 0 bridgehead atoms. The Morgan fingerprint density at radius 2 is 2.04 bits per heavy atom. The van der Waals surface area contributed by atoms with Crippen LogP contribution in [0.25, 0.3) is 0 Å². The zero-order valence-electron chi connectivity index (χ0n) is 15.0. The highest BCUT2D eigenvalue weighted by molar-refractivity contribution is 8.15. The number of ether oxygens (including phenoxy) is 1. The monoisotopic (exact) mass is 366 g/mol. The average molecular weight is 367 g/mol. The third-order valence-electron chi connectivity index (χ3n) is 5.55. The number of nitrogens with zero attached hydrogens (tertiary/aromatic N) is 1. The van der Waals surface area contributed by atoms with E-state index >= 15 is 0 Å². The Labute approximate surface area is 154 Å². The van der Waals surface area contributed by atoms with Crippen LogP contribution in [0.5, 0.6) is 5.75 Å². The lowest BCUT2D eigenvalue weighted by molar-refractivity contribution is 0.231. The van der Waals surface area contributed by atoms with Crippen LogP contribution in [0.2, 0.25) is 5.02 Å². The van der Waals surface area contributed by atoms with Crippen LogP contribution in [0, 0.1) is 5.92 Å². The molecule has 0 radical (unpaired) electrons. The summed E-state index contributed by atoms with van der Waals surface area (Å²) in [5.74, 6) is 1.56. The van der Waals surface area contributed by atoms with Gasteiger partial charge in [0.1, 0.15) is 5.75 Å². The number of methoxy groups -OCH3 is 1. The highest BCUT2D eigenvalue weighted by Gasteiger charge is 2.53. The molecule has 2 fully saturated rings. The van der Waals surface area contributed by atoms with Gasteiger partial charge in [-0.25, -0.2) is 0 Å². The number of amidine groups is 1. The number of rotatable bonds is 3. The number of halogens is 1. The van der Waals surface area contributed by atoms with Crippen LogP contribution in [-0.2, 0) is 6.54 Å². The van der Waals surface area contributed by atoms with E-state index in [0.29, 0.717) is 17.3 Å². The number of aliphatic imine (C=N–C) groups is 1. The molecular formula is C19H27ClN2OS. The second-order valence-electron chi connectivity index (χ2n) is 7.62. The minimum Gasteiger partial charge on any atom is -0.495 e. The van der Waals surface area contributed by atoms with Crippen molar-refractivity contribution < 1.29 is 4.74 Å². The average Bonchev–Trinajstić information content (AvgIpc) is 2.79. The van der Waals surface area contributed by atoms with Gasteiger partial charge < -0.3 is 10.1 Å². The summed E-state index contributed by atoms with van der Waals surface area (Å²) in [7, 11) is 1.63. The normalized spacial score (nSPS) is 30.5. The quantitative estimate of drug-likeness (QED) is 0.791. The number of hydrogen-bond donors (Lipinski definition) is 1. The van der Waals surface area contributed by atoms with E-state index in [9.17, 15) is 0 Å². The lowest BCUT2D eigenvalue weighted by Crippen LogP contribution is -2.52. The Morgan fingerprint density at radius 3 is 2.67 bits per heavy atom. The van der Waals surface area contributed by atoms with Gasteiger partial charge >= 0.3 is 0 Å². The van der Waals surface area contributed by atoms with Gasteiger partial charge in [-0.1, -0.05) is 36.4 Å². The third kappa shape index (κ3) is 3.41. The molecule has 1 spiro atoms. The van der Waals surface area contributed by atoms with Gasteiger partial charge in [0.05, 0.1) is 18.7 Å². The van der Waals surface area contributed by atoms with E-state index in [0.717, 1.165) is 16.6 Å². The first-order chi connectivity index (χ1) is 11.4. The number of hydrogen-bond acceptors (Lipinski definition) is 3. The van der Waals surface area contributed by atoms with Crippen molar-refractivity contribution in [2.45, 2.75) is 63.3 Å². The van der Waals surface area contributed by atoms with Crippen molar-refractivity contribution in [3.63, 3.8) is 0 Å². The highest BCUT2D eigenvalue weighted by atomic mass is 35.5. The largest absolute Gasteiger partial charge is 0.495 e. The molecule has 0 amide bonds. The van der Waals surface area contributed by atoms with Gasteiger partial charge in [-0.15, -0.1) is 0 Å². The summed E-state index contributed by atoms with van der Waals surface area (Å²) in [6.45, 7) is 7.66. The summed E-state index contributed by atoms with van der Waals surface area (Å²) in [5.41, 5.74) is 1.19. The molecule has 1 heterocycles. The van der Waals surface area contributed by atoms with Crippen LogP contribution >= 0.6 is 23.4 Å². The van der Waals surface area contributed by atoms with E-state index in [1.54, 1.807) is 7.11 Å². The predicted octanol–water partition coefficient (Wildman–Crippen LogP) is 5.27. The van der Waals surface area contributed by atoms with Gasteiger partial charge in [0.2, 0.25) is 0 Å². The number of nitrogens with one attached hydrogen (secondary N) is 1. The molecule has 5 heteroatoms. The minimum absolute atomic E-state index is 0.0915. The molecule has 0 unspecified atom stereocenters. The van der Waals surface area contributed by atoms with Crippen molar-refractivity contribution in [1.29, 1.82) is 0 Å². The Morgan fingerprint density at radius 1 is 1.33 bits per heavy atom. The molecule has 0 aromatic heterocycles. The summed E-state index contributed by atoms with van der Waals surface area (Å²) in [6.07, 6.45) is 5.18. The van der Waals surface area contributed by atoms with E-state index in [2.05, 4.69) is 26.1 Å². The third-order valence-corrected chi connectivity index (χ3v) is 7.58. The molecule has 1 aromatic carbocycles. The molecule has 1 N–H and O–H groups in total. The summed E-state index contributed by atoms with van der Waals surface area (Å²) >= 11 is 8.16. The van der Waals surface area contributed by atoms with E-state index in [1.807, 2.05) is 30.0 Å². The van der Waals surface area contributed by atoms with Gasteiger partial charge in [0.15, 0.2) is 5.17 Å². The van der Waals surface area contributed by atoms with Crippen molar-refractivity contribution >= 4 is 28.5 Å². The zero-order chi connectivity index (χ0) is 17.4. The molecule has 1 aliphatic heterocycles. The lowest BCUT2D eigenvalue weighted by Gasteiger charge is -2.43. The van der Waals surface area contributed by atoms with Crippen molar-refractivity contribution in [1.82, 2.24) is 5.32 Å². The van der Waals surface area contributed by atoms with Gasteiger partial charge in [-0.2, -0.15) is 0 Å². The minimum atomic E-state index is 0.0915. The van der Waals surface area contributed by atoms with E-state index in [4.69, 9.17) is 21.3 Å². The van der Waals surface area contributed by atoms with Crippen LogP contribution in [0.15, 0.2) is 23.2 Å². The maximum absolute atomic E-state index is 6.21. The van der Waals surface area contributed by atoms with E-state index in [1.165, 1.54) is 25.7 Å². The first-order valence-corrected chi connectivity index (χ1v) is 9.89. The molecule has 1 aromatic rings. The van der Waals surface area contributed by atoms with Crippen LogP contribution in [-0.4, -0.2) is 22.6 Å². The molecule has 132 valence electrons. The Kier molecular flexibility index (Phi) is 5.08. The van der Waals surface area contributed by atoms with Gasteiger partial charge in [-0.3, -0.25) is 4.99 Å². The molecule has 0 atom stereocenters. The lowest BCUT2D eigenvalue weighted by atomic mass is 9.73. The smallest absolute Gasteiger partial charge is 0.157 e. The topological polar surface area (TPSA) is 33.6 Å². The SMILES string of the molecule is COc1ccc(CN=C2NC(C)(C)C3(CCC(C)CC3)S2)cc1Cl. The van der Waals surface area contributed by atoms with Gasteiger partial charge in [0, 0.05) is 10.3 Å². The molecule has 1 saturated carbocycles. The predicted molar refractivity (Wildman–Crippen MR) is 104 cm³/mol. The maximum atomic E-state index is 6.21. The molecule has 2 aliphatic rings. The maximum Gasteiger partial charge on any atom is 0.157 e. The van der Waals surface area contributed by atoms with Crippen LogP contribution in [0.3, 0.4) is 0 Å². The first-order valence-electron chi connectivity index (χ1n) is 8.69. The van der Waals surface area contributed by atoms with Crippen molar-refractivity contribution in [3.05, 3.63) is 28.8 Å². The summed E-state index contributed by atoms with van der Waals surface area (Å²) < 4.78 is 5.49. The molecule has 1 saturated heterocycles. The van der Waals surface area contributed by atoms with Crippen LogP contribution in [0.1, 0.15) is 52.0 Å². The van der Waals surface area contributed by atoms with Crippen LogP contribution < -0.4 is 10.1 Å². The summed E-state index contributed by atoms with van der Waals surface area (Å²) in [6, 6.07) is 5.87. The first kappa shape index (κ1) is 17.9. The van der Waals surface area contributed by atoms with Crippen LogP contribution in [0.4, 0.5) is 0 Å². The second kappa shape index (κ2) is 6.80. The molecule has 24 heavy (non-hydrogen) atoms. The second-order valence-corrected chi connectivity index (χ2v) is 9.40. The molecular weight excluding hydrogens is 340 g/mol. The molecule has 3 rings (SSSR count). The standard InChI is InChI=1S/C19H27ClN2OS/c1-13-7-9-19(10-8-13)18(2,3)22-17(24-19)21-12-14-5-6-16(23-4)15(20)11-14/h5-6,11,13H,7-10,12H2,1-4H3,(H,21,22). The van der Waals surface area contributed by atoms with Crippen molar-refractivity contribution in [3.8, 4) is 5.75 Å². The summed E-state index contributed by atoms with van der Waals surface area (Å²) in [5, 5.41) is 5.38. The van der Waals surface area contributed by atoms with Crippen molar-refractivity contribution in [2.75, 3.05) is 7.11 Å². The Balaban J connectivity index is 1.72.